The first-order chi connectivity index (χ1) is 12.6. The van der Waals surface area contributed by atoms with Gasteiger partial charge >= 0.3 is 0 Å². The monoisotopic (exact) mass is 482 g/mol. The number of fused-ring (bicyclic) bond motifs is 3. The van der Waals surface area contributed by atoms with E-state index in [-0.39, 0.29) is 12.5 Å². The van der Waals surface area contributed by atoms with E-state index in [1.165, 1.54) is 0 Å². The smallest absolute Gasteiger partial charge is 0.199 e. The van der Waals surface area contributed by atoms with Gasteiger partial charge in [0.25, 0.3) is 0 Å². The van der Waals surface area contributed by atoms with Crippen molar-refractivity contribution in [3.63, 3.8) is 0 Å². The molecule has 0 aliphatic carbocycles. The topological polar surface area (TPSA) is 58.9 Å². The molecular formula is C19H20Br2N2O3. The number of hydrogen-bond donors (Lipinski definition) is 2. The number of ether oxygens (including phenoxy) is 2. The Morgan fingerprint density at radius 2 is 1.77 bits per heavy atom. The average Bonchev–Trinajstić information content (AvgIpc) is 3.30. The van der Waals surface area contributed by atoms with E-state index in [2.05, 4.69) is 66.0 Å². The molecule has 1 aromatic heterocycles. The molecule has 3 unspecified atom stereocenters. The quantitative estimate of drug-likeness (QED) is 0.499. The fourth-order valence-corrected chi connectivity index (χ4v) is 4.03. The molecule has 2 aromatic carbocycles. The number of rotatable bonds is 7. The van der Waals surface area contributed by atoms with Crippen molar-refractivity contribution in [1.82, 2.24) is 9.88 Å². The van der Waals surface area contributed by atoms with Crippen LogP contribution in [0.2, 0.25) is 0 Å². The molecule has 0 spiro atoms. The van der Waals surface area contributed by atoms with Crippen molar-refractivity contribution in [2.75, 3.05) is 13.2 Å². The zero-order valence-corrected chi connectivity index (χ0v) is 17.5. The molecule has 0 radical (unpaired) electrons. The van der Waals surface area contributed by atoms with Crippen LogP contribution in [-0.2, 0) is 16.0 Å². The lowest BCUT2D eigenvalue weighted by Crippen LogP contribution is -2.33. The molecule has 3 atom stereocenters. The van der Waals surface area contributed by atoms with E-state index in [0.29, 0.717) is 19.7 Å². The summed E-state index contributed by atoms with van der Waals surface area (Å²) < 4.78 is 15.0. The van der Waals surface area contributed by atoms with Crippen LogP contribution in [0.5, 0.6) is 0 Å². The zero-order chi connectivity index (χ0) is 18.3. The number of hydrogen-bond acceptors (Lipinski definition) is 4. The number of aliphatic hydroxyl groups is 1. The molecule has 2 heterocycles. The number of aromatic nitrogens is 1. The van der Waals surface area contributed by atoms with E-state index in [4.69, 9.17) is 9.47 Å². The number of nitrogens with zero attached hydrogens (tertiary/aromatic N) is 1. The first-order valence-corrected chi connectivity index (χ1v) is 10.2. The summed E-state index contributed by atoms with van der Waals surface area (Å²) >= 11 is 7.11. The summed E-state index contributed by atoms with van der Waals surface area (Å²) in [4.78, 5) is 0. The van der Waals surface area contributed by atoms with Crippen molar-refractivity contribution in [2.24, 2.45) is 0 Å². The zero-order valence-electron chi connectivity index (χ0n) is 14.3. The molecular weight excluding hydrogens is 464 g/mol. The van der Waals surface area contributed by atoms with Gasteiger partial charge in [-0.1, -0.05) is 31.9 Å². The third-order valence-corrected chi connectivity index (χ3v) is 5.51. The van der Waals surface area contributed by atoms with E-state index in [1.54, 1.807) is 0 Å². The summed E-state index contributed by atoms with van der Waals surface area (Å²) in [5.41, 5.74) is 2.21. The highest BCUT2D eigenvalue weighted by atomic mass is 79.9. The number of epoxide rings is 1. The van der Waals surface area contributed by atoms with Gasteiger partial charge < -0.3 is 19.1 Å². The Labute approximate surface area is 168 Å². The highest BCUT2D eigenvalue weighted by molar-refractivity contribution is 9.10. The molecule has 0 bridgehead atoms. The summed E-state index contributed by atoms with van der Waals surface area (Å²) in [6.07, 6.45) is -0.836. The molecule has 3 aromatic rings. The van der Waals surface area contributed by atoms with Crippen molar-refractivity contribution in [3.8, 4) is 0 Å². The van der Waals surface area contributed by atoms with Crippen LogP contribution < -0.4 is 5.32 Å². The van der Waals surface area contributed by atoms with Gasteiger partial charge in [0.15, 0.2) is 12.5 Å². The van der Waals surface area contributed by atoms with Crippen molar-refractivity contribution in [2.45, 2.75) is 32.1 Å². The van der Waals surface area contributed by atoms with E-state index < -0.39 is 6.10 Å². The standard InChI is InChI=1S/C19H20Br2N2O3/c1-2-25-19-18(26-19)22-9-13(24)10-23-16-5-3-11(20)7-14(16)15-8-12(21)4-6-17(15)23/h3-8,13,18-19,22,24H,2,9-10H2,1H3. The second kappa shape index (κ2) is 7.58. The Balaban J connectivity index is 1.57. The van der Waals surface area contributed by atoms with Crippen molar-refractivity contribution in [1.29, 1.82) is 0 Å². The highest BCUT2D eigenvalue weighted by Crippen LogP contribution is 2.33. The maximum Gasteiger partial charge on any atom is 0.199 e. The number of aliphatic hydroxyl groups excluding tert-OH is 1. The summed E-state index contributed by atoms with van der Waals surface area (Å²) in [5, 5.41) is 16.1. The molecule has 1 aliphatic rings. The molecule has 1 aliphatic heterocycles. The number of halogens is 2. The molecule has 138 valence electrons. The predicted molar refractivity (Wildman–Crippen MR) is 109 cm³/mol. The minimum atomic E-state index is -0.535. The SMILES string of the molecule is CCOC1OC1NCC(O)Cn1c2ccc(Br)cc2c2cc(Br)ccc21. The lowest BCUT2D eigenvalue weighted by atomic mass is 10.2. The molecule has 1 fully saturated rings. The summed E-state index contributed by atoms with van der Waals surface area (Å²) in [7, 11) is 0. The fraction of sp³-hybridized carbons (Fsp3) is 0.368. The lowest BCUT2D eigenvalue weighted by Gasteiger charge is -2.14. The molecule has 2 N–H and O–H groups in total. The van der Waals surface area contributed by atoms with Crippen LogP contribution >= 0.6 is 31.9 Å². The lowest BCUT2D eigenvalue weighted by molar-refractivity contribution is 0.0592. The average molecular weight is 484 g/mol. The molecule has 1 saturated heterocycles. The van der Waals surface area contributed by atoms with Gasteiger partial charge in [0.2, 0.25) is 0 Å². The van der Waals surface area contributed by atoms with Crippen LogP contribution in [0.15, 0.2) is 45.3 Å². The Morgan fingerprint density at radius 1 is 1.15 bits per heavy atom. The summed E-state index contributed by atoms with van der Waals surface area (Å²) in [5.74, 6) is 0. The first-order valence-electron chi connectivity index (χ1n) is 8.62. The molecule has 4 rings (SSSR count). The Bertz CT molecular complexity index is 884. The molecule has 0 saturated carbocycles. The number of benzene rings is 2. The maximum absolute atomic E-state index is 10.5. The van der Waals surface area contributed by atoms with Gasteiger partial charge in [0, 0.05) is 43.9 Å². The van der Waals surface area contributed by atoms with Gasteiger partial charge in [0.1, 0.15) is 0 Å². The van der Waals surface area contributed by atoms with Gasteiger partial charge in [0.05, 0.1) is 12.6 Å². The third-order valence-electron chi connectivity index (χ3n) is 4.52. The minimum Gasteiger partial charge on any atom is -0.390 e. The van der Waals surface area contributed by atoms with Crippen LogP contribution in [0.1, 0.15) is 6.92 Å². The van der Waals surface area contributed by atoms with E-state index in [1.807, 2.05) is 19.1 Å². The van der Waals surface area contributed by atoms with Crippen molar-refractivity contribution < 1.29 is 14.6 Å². The van der Waals surface area contributed by atoms with Gasteiger partial charge in [-0.2, -0.15) is 0 Å². The second-order valence-corrected chi connectivity index (χ2v) is 8.21. The highest BCUT2D eigenvalue weighted by Gasteiger charge is 2.39. The van der Waals surface area contributed by atoms with Crippen LogP contribution in [0.3, 0.4) is 0 Å². The first kappa shape index (κ1) is 18.4. The Kier molecular flexibility index (Phi) is 5.36. The van der Waals surface area contributed by atoms with Crippen LogP contribution in [-0.4, -0.2) is 41.4 Å². The molecule has 0 amide bonds. The summed E-state index contributed by atoms with van der Waals surface area (Å²) in [6.45, 7) is 3.51. The van der Waals surface area contributed by atoms with E-state index in [0.717, 1.165) is 30.8 Å². The Hall–Kier alpha value is -0.960. The maximum atomic E-state index is 10.5. The number of nitrogens with one attached hydrogen (secondary N) is 1. The molecule has 7 heteroatoms. The molecule has 5 nitrogen and oxygen atoms in total. The van der Waals surface area contributed by atoms with Gasteiger partial charge in [-0.25, -0.2) is 0 Å². The van der Waals surface area contributed by atoms with Gasteiger partial charge in [-0.05, 0) is 43.3 Å². The largest absolute Gasteiger partial charge is 0.390 e. The van der Waals surface area contributed by atoms with Crippen LogP contribution in [0.25, 0.3) is 21.8 Å². The van der Waals surface area contributed by atoms with Gasteiger partial charge in [-0.3, -0.25) is 5.32 Å². The van der Waals surface area contributed by atoms with Gasteiger partial charge in [-0.15, -0.1) is 0 Å². The Morgan fingerprint density at radius 3 is 2.35 bits per heavy atom. The normalized spacial score (nSPS) is 20.8. The van der Waals surface area contributed by atoms with E-state index in [9.17, 15) is 5.11 Å². The third kappa shape index (κ3) is 3.69. The van der Waals surface area contributed by atoms with Crippen molar-refractivity contribution >= 4 is 53.7 Å². The summed E-state index contributed by atoms with van der Waals surface area (Å²) in [6, 6.07) is 12.5. The second-order valence-electron chi connectivity index (χ2n) is 6.38. The molecule has 26 heavy (non-hydrogen) atoms. The van der Waals surface area contributed by atoms with Crippen LogP contribution in [0, 0.1) is 0 Å². The van der Waals surface area contributed by atoms with E-state index >= 15 is 0 Å². The minimum absolute atomic E-state index is 0.116. The van der Waals surface area contributed by atoms with Crippen LogP contribution in [0.4, 0.5) is 0 Å². The fourth-order valence-electron chi connectivity index (χ4n) is 3.31. The predicted octanol–water partition coefficient (Wildman–Crippen LogP) is 3.99. The van der Waals surface area contributed by atoms with Crippen molar-refractivity contribution in [3.05, 3.63) is 45.3 Å².